The molecular formula is C12H13N3O. The maximum absolute atomic E-state index is 11.2. The summed E-state index contributed by atoms with van der Waals surface area (Å²) in [6, 6.07) is 6.25. The lowest BCUT2D eigenvalue weighted by Gasteiger charge is -2.07. The lowest BCUT2D eigenvalue weighted by Crippen LogP contribution is -2.13. The van der Waals surface area contributed by atoms with Gasteiger partial charge in [0.1, 0.15) is 0 Å². The number of aromatic nitrogens is 2. The molecule has 2 aromatic rings. The Hall–Kier alpha value is -1.84. The van der Waals surface area contributed by atoms with Gasteiger partial charge in [0.25, 0.3) is 0 Å². The van der Waals surface area contributed by atoms with E-state index in [-0.39, 0.29) is 5.91 Å². The van der Waals surface area contributed by atoms with Crippen LogP contribution in [0.1, 0.15) is 17.9 Å². The van der Waals surface area contributed by atoms with Crippen LogP contribution in [0.4, 0.5) is 0 Å². The van der Waals surface area contributed by atoms with Crippen molar-refractivity contribution in [3.05, 3.63) is 30.1 Å². The molecule has 4 nitrogen and oxygen atoms in total. The highest BCUT2D eigenvalue weighted by Crippen LogP contribution is 2.25. The number of amides is 1. The molecule has 1 fully saturated rings. The largest absolute Gasteiger partial charge is 0.355 e. The van der Waals surface area contributed by atoms with Crippen molar-refractivity contribution in [3.63, 3.8) is 0 Å². The number of nitrogens with zero attached hydrogens (tertiary/aromatic N) is 2. The Labute approximate surface area is 93.3 Å². The summed E-state index contributed by atoms with van der Waals surface area (Å²) < 4.78 is 2.00. The van der Waals surface area contributed by atoms with Crippen LogP contribution < -0.4 is 5.32 Å². The number of imidazole rings is 1. The van der Waals surface area contributed by atoms with Crippen molar-refractivity contribution in [2.24, 2.45) is 7.05 Å². The predicted octanol–water partition coefficient (Wildman–Crippen LogP) is 1.18. The first-order valence-corrected chi connectivity index (χ1v) is 5.42. The fourth-order valence-corrected chi connectivity index (χ4v) is 2.25. The third-order valence-corrected chi connectivity index (χ3v) is 3.20. The SMILES string of the molecule is Cn1cnc2cc(C3CNC(=O)C3)ccc21. The summed E-state index contributed by atoms with van der Waals surface area (Å²) in [6.45, 7) is 0.747. The zero-order chi connectivity index (χ0) is 11.1. The molecule has 0 aliphatic carbocycles. The minimum absolute atomic E-state index is 0.145. The zero-order valence-corrected chi connectivity index (χ0v) is 9.10. The van der Waals surface area contributed by atoms with Crippen LogP contribution in [-0.4, -0.2) is 22.0 Å². The molecule has 4 heteroatoms. The van der Waals surface area contributed by atoms with Crippen molar-refractivity contribution in [2.45, 2.75) is 12.3 Å². The van der Waals surface area contributed by atoms with Gasteiger partial charge < -0.3 is 9.88 Å². The monoisotopic (exact) mass is 215 g/mol. The molecule has 0 saturated carbocycles. The molecule has 16 heavy (non-hydrogen) atoms. The molecule has 1 saturated heterocycles. The average Bonchev–Trinajstić information content (AvgIpc) is 2.86. The molecule has 1 atom stereocenters. The van der Waals surface area contributed by atoms with Crippen LogP contribution >= 0.6 is 0 Å². The van der Waals surface area contributed by atoms with Crippen LogP contribution in [0.5, 0.6) is 0 Å². The second-order valence-corrected chi connectivity index (χ2v) is 4.31. The fraction of sp³-hybridized carbons (Fsp3) is 0.333. The molecule has 1 aromatic heterocycles. The highest BCUT2D eigenvalue weighted by Gasteiger charge is 2.23. The first-order valence-electron chi connectivity index (χ1n) is 5.42. The molecule has 0 spiro atoms. The highest BCUT2D eigenvalue weighted by atomic mass is 16.1. The van der Waals surface area contributed by atoms with Crippen molar-refractivity contribution >= 4 is 16.9 Å². The van der Waals surface area contributed by atoms with Gasteiger partial charge in [0.15, 0.2) is 0 Å². The topological polar surface area (TPSA) is 46.9 Å². The maximum atomic E-state index is 11.2. The van der Waals surface area contributed by atoms with Crippen molar-refractivity contribution < 1.29 is 4.79 Å². The van der Waals surface area contributed by atoms with Gasteiger partial charge in [0.2, 0.25) is 5.91 Å². The lowest BCUT2D eigenvalue weighted by molar-refractivity contribution is -0.119. The van der Waals surface area contributed by atoms with Crippen molar-refractivity contribution in [3.8, 4) is 0 Å². The van der Waals surface area contributed by atoms with Crippen molar-refractivity contribution in [1.82, 2.24) is 14.9 Å². The quantitative estimate of drug-likeness (QED) is 0.776. The standard InChI is InChI=1S/C12H13N3O/c1-15-7-14-10-4-8(2-3-11(10)15)9-5-12(16)13-6-9/h2-4,7,9H,5-6H2,1H3,(H,13,16). The number of carbonyl (C=O) groups is 1. The van der Waals surface area contributed by atoms with E-state index in [2.05, 4.69) is 28.5 Å². The van der Waals surface area contributed by atoms with E-state index in [0.717, 1.165) is 17.6 Å². The summed E-state index contributed by atoms with van der Waals surface area (Å²) >= 11 is 0. The summed E-state index contributed by atoms with van der Waals surface area (Å²) in [5, 5.41) is 2.86. The van der Waals surface area contributed by atoms with Crippen LogP contribution in [0.15, 0.2) is 24.5 Å². The summed E-state index contributed by atoms with van der Waals surface area (Å²) in [5.41, 5.74) is 3.32. The van der Waals surface area contributed by atoms with Crippen molar-refractivity contribution in [2.75, 3.05) is 6.54 Å². The average molecular weight is 215 g/mol. The van der Waals surface area contributed by atoms with Crippen LogP contribution in [0, 0.1) is 0 Å². The van der Waals surface area contributed by atoms with E-state index in [1.165, 1.54) is 5.56 Å². The van der Waals surface area contributed by atoms with Crippen LogP contribution in [-0.2, 0) is 11.8 Å². The molecule has 1 aromatic carbocycles. The first kappa shape index (κ1) is 9.39. The molecular weight excluding hydrogens is 202 g/mol. The number of hydrogen-bond acceptors (Lipinski definition) is 2. The summed E-state index contributed by atoms with van der Waals surface area (Å²) in [6.07, 6.45) is 2.41. The molecule has 0 bridgehead atoms. The normalized spacial score (nSPS) is 20.3. The summed E-state index contributed by atoms with van der Waals surface area (Å²) in [5.74, 6) is 0.449. The number of rotatable bonds is 1. The van der Waals surface area contributed by atoms with Gasteiger partial charge in [-0.2, -0.15) is 0 Å². The molecule has 82 valence electrons. The van der Waals surface area contributed by atoms with E-state index in [1.54, 1.807) is 0 Å². The number of hydrogen-bond donors (Lipinski definition) is 1. The number of nitrogens with one attached hydrogen (secondary N) is 1. The third kappa shape index (κ3) is 1.38. The van der Waals surface area contributed by atoms with E-state index >= 15 is 0 Å². The van der Waals surface area contributed by atoms with Gasteiger partial charge in [-0.3, -0.25) is 4.79 Å². The number of benzene rings is 1. The van der Waals surface area contributed by atoms with E-state index < -0.39 is 0 Å². The third-order valence-electron chi connectivity index (χ3n) is 3.20. The highest BCUT2D eigenvalue weighted by molar-refractivity contribution is 5.80. The minimum atomic E-state index is 0.145. The Bertz CT molecular complexity index is 558. The van der Waals surface area contributed by atoms with Gasteiger partial charge in [-0.15, -0.1) is 0 Å². The van der Waals surface area contributed by atoms with E-state index in [0.29, 0.717) is 12.3 Å². The molecule has 1 aliphatic heterocycles. The van der Waals surface area contributed by atoms with Crippen LogP contribution in [0.2, 0.25) is 0 Å². The smallest absolute Gasteiger partial charge is 0.220 e. The molecule has 1 amide bonds. The zero-order valence-electron chi connectivity index (χ0n) is 9.10. The van der Waals surface area contributed by atoms with Crippen molar-refractivity contribution in [1.29, 1.82) is 0 Å². The Morgan fingerprint density at radius 1 is 1.50 bits per heavy atom. The maximum Gasteiger partial charge on any atom is 0.220 e. The lowest BCUT2D eigenvalue weighted by atomic mass is 9.98. The predicted molar refractivity (Wildman–Crippen MR) is 61.1 cm³/mol. The first-order chi connectivity index (χ1) is 7.74. The summed E-state index contributed by atoms with van der Waals surface area (Å²) in [7, 11) is 1.98. The molecule has 1 unspecified atom stereocenters. The number of carbonyl (C=O) groups excluding carboxylic acids is 1. The van der Waals surface area contributed by atoms with Crippen LogP contribution in [0.3, 0.4) is 0 Å². The molecule has 0 radical (unpaired) electrons. The Kier molecular flexibility index (Phi) is 1.96. The van der Waals surface area contributed by atoms with Gasteiger partial charge in [0, 0.05) is 25.9 Å². The van der Waals surface area contributed by atoms with Gasteiger partial charge in [0.05, 0.1) is 17.4 Å². The van der Waals surface area contributed by atoms with E-state index in [1.807, 2.05) is 17.9 Å². The van der Waals surface area contributed by atoms with Gasteiger partial charge in [-0.1, -0.05) is 6.07 Å². The van der Waals surface area contributed by atoms with E-state index in [9.17, 15) is 4.79 Å². The van der Waals surface area contributed by atoms with Gasteiger partial charge in [-0.25, -0.2) is 4.98 Å². The molecule has 1 aliphatic rings. The van der Waals surface area contributed by atoms with Gasteiger partial charge in [-0.05, 0) is 17.7 Å². The second kappa shape index (κ2) is 3.33. The number of fused-ring (bicyclic) bond motifs is 1. The fourth-order valence-electron chi connectivity index (χ4n) is 2.25. The Morgan fingerprint density at radius 3 is 3.12 bits per heavy atom. The van der Waals surface area contributed by atoms with Gasteiger partial charge >= 0.3 is 0 Å². The minimum Gasteiger partial charge on any atom is -0.355 e. The Balaban J connectivity index is 2.02. The molecule has 1 N–H and O–H groups in total. The summed E-state index contributed by atoms with van der Waals surface area (Å²) in [4.78, 5) is 15.5. The second-order valence-electron chi connectivity index (χ2n) is 4.31. The van der Waals surface area contributed by atoms with Crippen LogP contribution in [0.25, 0.3) is 11.0 Å². The Morgan fingerprint density at radius 2 is 2.38 bits per heavy atom. The van der Waals surface area contributed by atoms with E-state index in [4.69, 9.17) is 0 Å². The molecule has 2 heterocycles. The molecule has 3 rings (SSSR count). The number of aryl methyl sites for hydroxylation is 1.